The number of aromatic nitrogens is 5. The van der Waals surface area contributed by atoms with E-state index in [2.05, 4.69) is 30.0 Å². The lowest BCUT2D eigenvalue weighted by Gasteiger charge is -2.35. The van der Waals surface area contributed by atoms with Gasteiger partial charge in [-0.3, -0.25) is 4.79 Å². The summed E-state index contributed by atoms with van der Waals surface area (Å²) in [7, 11) is 1.64. The molecule has 6 rings (SSSR count). The Morgan fingerprint density at radius 1 is 1.03 bits per heavy atom. The van der Waals surface area contributed by atoms with Gasteiger partial charge in [-0.15, -0.1) is 10.2 Å². The lowest BCUT2D eigenvalue weighted by molar-refractivity contribution is -0.128. The molecule has 0 bridgehead atoms. The van der Waals surface area contributed by atoms with Crippen LogP contribution in [0.2, 0.25) is 0 Å². The summed E-state index contributed by atoms with van der Waals surface area (Å²) in [6, 6.07) is 19.3. The van der Waals surface area contributed by atoms with E-state index in [1.54, 1.807) is 13.3 Å². The Labute approximate surface area is 223 Å². The topological polar surface area (TPSA) is 113 Å². The Balaban J connectivity index is 1.07. The van der Waals surface area contributed by atoms with Crippen molar-refractivity contribution < 1.29 is 13.9 Å². The van der Waals surface area contributed by atoms with E-state index in [9.17, 15) is 4.79 Å². The van der Waals surface area contributed by atoms with Gasteiger partial charge in [0, 0.05) is 43.5 Å². The van der Waals surface area contributed by atoms with Crippen molar-refractivity contribution in [3.8, 4) is 28.6 Å². The number of anilines is 1. The quantitative estimate of drug-likeness (QED) is 0.312. The number of ether oxygens (including phenoxy) is 1. The Morgan fingerprint density at radius 2 is 1.84 bits per heavy atom. The summed E-state index contributed by atoms with van der Waals surface area (Å²) in [6.45, 7) is 2.84. The number of nitrogens with zero attached hydrogens (tertiary/aromatic N) is 6. The van der Waals surface area contributed by atoms with Crippen LogP contribution in [0.25, 0.3) is 33.9 Å². The van der Waals surface area contributed by atoms with Crippen LogP contribution in [0.15, 0.2) is 76.5 Å². The number of carbonyl (C=O) groups is 1. The molecule has 0 atom stereocenters. The summed E-state index contributed by atoms with van der Waals surface area (Å²) in [5.41, 5.74) is 3.43. The maximum atomic E-state index is 12.8. The first-order chi connectivity index (χ1) is 18.7. The van der Waals surface area contributed by atoms with E-state index in [1.165, 1.54) is 11.8 Å². The van der Waals surface area contributed by atoms with Crippen molar-refractivity contribution in [2.24, 2.45) is 0 Å². The van der Waals surface area contributed by atoms with Gasteiger partial charge in [0.25, 0.3) is 5.22 Å². The van der Waals surface area contributed by atoms with Crippen molar-refractivity contribution in [3.05, 3.63) is 66.9 Å². The first-order valence-electron chi connectivity index (χ1n) is 12.2. The summed E-state index contributed by atoms with van der Waals surface area (Å²) in [4.78, 5) is 29.2. The molecule has 1 saturated heterocycles. The maximum Gasteiger partial charge on any atom is 0.277 e. The third-order valence-electron chi connectivity index (χ3n) is 6.42. The zero-order valence-electron chi connectivity index (χ0n) is 20.7. The first kappa shape index (κ1) is 24.0. The molecule has 38 heavy (non-hydrogen) atoms. The summed E-state index contributed by atoms with van der Waals surface area (Å²) in [5.74, 6) is 3.20. The molecule has 5 aromatic rings. The number of carbonyl (C=O) groups excluding carboxylic acids is 1. The van der Waals surface area contributed by atoms with Gasteiger partial charge in [-0.2, -0.15) is 0 Å². The van der Waals surface area contributed by atoms with Crippen LogP contribution < -0.4 is 9.64 Å². The smallest absolute Gasteiger partial charge is 0.277 e. The summed E-state index contributed by atoms with van der Waals surface area (Å²) >= 11 is 1.26. The van der Waals surface area contributed by atoms with Crippen molar-refractivity contribution in [1.82, 2.24) is 30.0 Å². The van der Waals surface area contributed by atoms with E-state index in [0.29, 0.717) is 24.2 Å². The van der Waals surface area contributed by atoms with E-state index in [0.717, 1.165) is 52.6 Å². The fraction of sp³-hybridized carbons (Fsp3) is 0.222. The average Bonchev–Trinajstić information content (AvgIpc) is 3.63. The maximum absolute atomic E-state index is 12.8. The SMILES string of the molecule is COc1ccc(-c2nc3ccc(-c4nnc(SCC(=O)N5CCN(c6ccccn6)CC5)o4)cc3[nH]2)cc1. The first-order valence-corrected chi connectivity index (χ1v) is 13.2. The van der Waals surface area contributed by atoms with Gasteiger partial charge in [0.2, 0.25) is 11.8 Å². The molecule has 1 amide bonds. The third kappa shape index (κ3) is 5.05. The molecule has 0 aliphatic carbocycles. The second kappa shape index (κ2) is 10.5. The third-order valence-corrected chi connectivity index (χ3v) is 7.23. The molecular weight excluding hydrogens is 502 g/mol. The van der Waals surface area contributed by atoms with Crippen LogP contribution in [0.1, 0.15) is 0 Å². The van der Waals surface area contributed by atoms with Crippen molar-refractivity contribution in [3.63, 3.8) is 0 Å². The number of aromatic amines is 1. The lowest BCUT2D eigenvalue weighted by Crippen LogP contribution is -2.49. The predicted molar refractivity (Wildman–Crippen MR) is 145 cm³/mol. The Kier molecular flexibility index (Phi) is 6.65. The highest BCUT2D eigenvalue weighted by atomic mass is 32.2. The molecule has 1 aliphatic rings. The monoisotopic (exact) mass is 527 g/mol. The number of H-pyrrole nitrogens is 1. The fourth-order valence-electron chi connectivity index (χ4n) is 4.35. The number of nitrogens with one attached hydrogen (secondary N) is 1. The molecule has 0 saturated carbocycles. The van der Waals surface area contributed by atoms with Crippen LogP contribution >= 0.6 is 11.8 Å². The second-order valence-electron chi connectivity index (χ2n) is 8.76. The number of rotatable bonds is 7. The number of pyridine rings is 1. The fourth-order valence-corrected chi connectivity index (χ4v) is 5.02. The minimum absolute atomic E-state index is 0.0559. The van der Waals surface area contributed by atoms with E-state index in [-0.39, 0.29) is 11.7 Å². The Morgan fingerprint density at radius 3 is 2.61 bits per heavy atom. The molecule has 11 heteroatoms. The number of piperazine rings is 1. The molecule has 2 aromatic carbocycles. The Hall–Kier alpha value is -4.38. The van der Waals surface area contributed by atoms with E-state index in [1.807, 2.05) is 65.6 Å². The molecule has 0 radical (unpaired) electrons. The molecule has 1 N–H and O–H groups in total. The highest BCUT2D eigenvalue weighted by molar-refractivity contribution is 7.99. The standard InChI is InChI=1S/C27H25N7O3S/c1-36-20-8-5-18(6-9-20)25-29-21-10-7-19(16-22(21)30-25)26-31-32-27(37-26)38-17-24(35)34-14-12-33(13-15-34)23-4-2-3-11-28-23/h2-11,16H,12-15,17H2,1H3,(H,29,30). The molecule has 3 aromatic heterocycles. The lowest BCUT2D eigenvalue weighted by atomic mass is 10.2. The van der Waals surface area contributed by atoms with Crippen molar-refractivity contribution in [2.45, 2.75) is 5.22 Å². The zero-order chi connectivity index (χ0) is 25.9. The summed E-state index contributed by atoms with van der Waals surface area (Å²) in [6.07, 6.45) is 1.79. The summed E-state index contributed by atoms with van der Waals surface area (Å²) in [5, 5.41) is 8.68. The van der Waals surface area contributed by atoms with Gasteiger partial charge in [-0.05, 0) is 54.6 Å². The van der Waals surface area contributed by atoms with Crippen molar-refractivity contribution >= 4 is 34.5 Å². The van der Waals surface area contributed by atoms with Crippen LogP contribution in [-0.4, -0.2) is 75.0 Å². The van der Waals surface area contributed by atoms with Gasteiger partial charge in [-0.25, -0.2) is 9.97 Å². The Bertz CT molecular complexity index is 1540. The number of imidazole rings is 1. The number of methoxy groups -OCH3 is 1. The number of hydrogen-bond acceptors (Lipinski definition) is 9. The van der Waals surface area contributed by atoms with Gasteiger partial charge in [0.1, 0.15) is 17.4 Å². The van der Waals surface area contributed by atoms with Gasteiger partial charge >= 0.3 is 0 Å². The van der Waals surface area contributed by atoms with Gasteiger partial charge in [0.15, 0.2) is 0 Å². The molecule has 4 heterocycles. The minimum atomic E-state index is 0.0559. The second-order valence-corrected chi connectivity index (χ2v) is 9.69. The number of benzene rings is 2. The van der Waals surface area contributed by atoms with Crippen LogP contribution in [-0.2, 0) is 4.79 Å². The molecule has 0 unspecified atom stereocenters. The van der Waals surface area contributed by atoms with Crippen LogP contribution in [0.3, 0.4) is 0 Å². The van der Waals surface area contributed by atoms with E-state index < -0.39 is 0 Å². The predicted octanol–water partition coefficient (Wildman–Crippen LogP) is 4.12. The van der Waals surface area contributed by atoms with E-state index in [4.69, 9.17) is 9.15 Å². The highest BCUT2D eigenvalue weighted by Gasteiger charge is 2.22. The zero-order valence-corrected chi connectivity index (χ0v) is 21.5. The van der Waals surface area contributed by atoms with Gasteiger partial charge < -0.3 is 23.9 Å². The van der Waals surface area contributed by atoms with Gasteiger partial charge in [-0.1, -0.05) is 17.8 Å². The normalized spacial score (nSPS) is 13.7. The number of thioether (sulfide) groups is 1. The molecule has 0 spiro atoms. The molecule has 192 valence electrons. The molecular formula is C27H25N7O3S. The molecule has 1 fully saturated rings. The van der Waals surface area contributed by atoms with Gasteiger partial charge in [0.05, 0.1) is 23.9 Å². The summed E-state index contributed by atoms with van der Waals surface area (Å²) < 4.78 is 11.1. The largest absolute Gasteiger partial charge is 0.497 e. The average molecular weight is 528 g/mol. The van der Waals surface area contributed by atoms with Crippen molar-refractivity contribution in [1.29, 1.82) is 0 Å². The van der Waals surface area contributed by atoms with Crippen LogP contribution in [0, 0.1) is 0 Å². The number of fused-ring (bicyclic) bond motifs is 1. The van der Waals surface area contributed by atoms with Crippen LogP contribution in [0.4, 0.5) is 5.82 Å². The number of amides is 1. The van der Waals surface area contributed by atoms with E-state index >= 15 is 0 Å². The molecule has 1 aliphatic heterocycles. The minimum Gasteiger partial charge on any atom is -0.497 e. The molecule has 10 nitrogen and oxygen atoms in total. The van der Waals surface area contributed by atoms with Crippen LogP contribution in [0.5, 0.6) is 5.75 Å². The number of hydrogen-bond donors (Lipinski definition) is 1. The highest BCUT2D eigenvalue weighted by Crippen LogP contribution is 2.28. The van der Waals surface area contributed by atoms with Crippen molar-refractivity contribution in [2.75, 3.05) is 43.9 Å².